The highest BCUT2D eigenvalue weighted by atomic mass is 14.2. The topological polar surface area (TPSA) is 0 Å². The van der Waals surface area contributed by atoms with Crippen LogP contribution in [0.1, 0.15) is 77.2 Å². The lowest BCUT2D eigenvalue weighted by Crippen LogP contribution is -2.12. The van der Waals surface area contributed by atoms with Gasteiger partial charge in [0.25, 0.3) is 0 Å². The van der Waals surface area contributed by atoms with Crippen molar-refractivity contribution >= 4 is 0 Å². The molecule has 18 heavy (non-hydrogen) atoms. The molecule has 0 aromatic heterocycles. The Morgan fingerprint density at radius 3 is 2.11 bits per heavy atom. The summed E-state index contributed by atoms with van der Waals surface area (Å²) < 4.78 is 0. The van der Waals surface area contributed by atoms with Gasteiger partial charge in [0.1, 0.15) is 0 Å². The lowest BCUT2D eigenvalue weighted by atomic mass is 9.78. The highest BCUT2D eigenvalue weighted by molar-refractivity contribution is 5.20. The minimum Gasteiger partial charge on any atom is -0.0654 e. The second-order valence-corrected chi connectivity index (χ2v) is 5.47. The first-order chi connectivity index (χ1) is 8.83. The van der Waals surface area contributed by atoms with Gasteiger partial charge in [-0.15, -0.1) is 0 Å². The van der Waals surface area contributed by atoms with E-state index in [4.69, 9.17) is 0 Å². The van der Waals surface area contributed by atoms with E-state index in [1.807, 2.05) is 0 Å². The molecule has 0 aliphatic carbocycles. The SMILES string of the molecule is CCCCCC(c1ccccc1)C(CC)CCC. The molecule has 0 spiro atoms. The van der Waals surface area contributed by atoms with Crippen LogP contribution in [0.5, 0.6) is 0 Å². The molecule has 2 unspecified atom stereocenters. The van der Waals surface area contributed by atoms with E-state index in [2.05, 4.69) is 51.1 Å². The number of benzene rings is 1. The average molecular weight is 246 g/mol. The summed E-state index contributed by atoms with van der Waals surface area (Å²) >= 11 is 0. The molecule has 2 atom stereocenters. The molecule has 1 aromatic rings. The van der Waals surface area contributed by atoms with Crippen LogP contribution in [-0.2, 0) is 0 Å². The summed E-state index contributed by atoms with van der Waals surface area (Å²) in [6, 6.07) is 11.2. The Morgan fingerprint density at radius 1 is 0.833 bits per heavy atom. The minimum atomic E-state index is 0.780. The van der Waals surface area contributed by atoms with Crippen LogP contribution < -0.4 is 0 Å². The predicted molar refractivity (Wildman–Crippen MR) is 82.0 cm³/mol. The Hall–Kier alpha value is -0.780. The zero-order chi connectivity index (χ0) is 13.2. The molecular weight excluding hydrogens is 216 g/mol. The molecule has 0 heterocycles. The average Bonchev–Trinajstić information content (AvgIpc) is 2.43. The molecule has 0 saturated heterocycles. The van der Waals surface area contributed by atoms with Gasteiger partial charge in [0.15, 0.2) is 0 Å². The fourth-order valence-corrected chi connectivity index (χ4v) is 3.05. The van der Waals surface area contributed by atoms with Crippen molar-refractivity contribution in [2.75, 3.05) is 0 Å². The zero-order valence-electron chi connectivity index (χ0n) is 12.5. The summed E-state index contributed by atoms with van der Waals surface area (Å²) in [6.45, 7) is 6.97. The lowest BCUT2D eigenvalue weighted by Gasteiger charge is -2.26. The highest BCUT2D eigenvalue weighted by Crippen LogP contribution is 2.34. The van der Waals surface area contributed by atoms with E-state index in [1.165, 1.54) is 44.9 Å². The normalized spacial score (nSPS) is 14.4. The smallest absolute Gasteiger partial charge is 0.0134 e. The van der Waals surface area contributed by atoms with Crippen LogP contribution in [0.2, 0.25) is 0 Å². The Bertz CT molecular complexity index is 288. The molecule has 0 heteroatoms. The van der Waals surface area contributed by atoms with Crippen molar-refractivity contribution in [2.45, 2.75) is 71.6 Å². The van der Waals surface area contributed by atoms with Crippen LogP contribution in [0.15, 0.2) is 30.3 Å². The van der Waals surface area contributed by atoms with E-state index in [1.54, 1.807) is 5.56 Å². The Kier molecular flexibility index (Phi) is 7.80. The summed E-state index contributed by atoms with van der Waals surface area (Å²) in [5.41, 5.74) is 1.56. The maximum absolute atomic E-state index is 2.36. The standard InChI is InChI=1S/C18H30/c1-4-7-9-15-18(16(6-3)12-5-2)17-13-10-8-11-14-17/h8,10-11,13-14,16,18H,4-7,9,12,15H2,1-3H3. The maximum atomic E-state index is 2.36. The van der Waals surface area contributed by atoms with Crippen molar-refractivity contribution < 1.29 is 0 Å². The Morgan fingerprint density at radius 2 is 1.56 bits per heavy atom. The van der Waals surface area contributed by atoms with Crippen molar-refractivity contribution in [2.24, 2.45) is 5.92 Å². The van der Waals surface area contributed by atoms with Gasteiger partial charge in [0, 0.05) is 0 Å². The fourth-order valence-electron chi connectivity index (χ4n) is 3.05. The molecule has 0 aliphatic rings. The molecule has 1 rings (SSSR count). The minimum absolute atomic E-state index is 0.780. The molecule has 102 valence electrons. The van der Waals surface area contributed by atoms with E-state index in [9.17, 15) is 0 Å². The van der Waals surface area contributed by atoms with Gasteiger partial charge in [-0.25, -0.2) is 0 Å². The predicted octanol–water partition coefficient (Wildman–Crippen LogP) is 6.18. The van der Waals surface area contributed by atoms with Gasteiger partial charge < -0.3 is 0 Å². The molecule has 1 aromatic carbocycles. The van der Waals surface area contributed by atoms with Gasteiger partial charge in [0.05, 0.1) is 0 Å². The van der Waals surface area contributed by atoms with Crippen molar-refractivity contribution in [1.82, 2.24) is 0 Å². The zero-order valence-corrected chi connectivity index (χ0v) is 12.5. The molecule has 0 nitrogen and oxygen atoms in total. The van der Waals surface area contributed by atoms with Crippen LogP contribution in [0.4, 0.5) is 0 Å². The Balaban J connectivity index is 2.73. The van der Waals surface area contributed by atoms with Gasteiger partial charge in [-0.1, -0.05) is 89.6 Å². The van der Waals surface area contributed by atoms with Gasteiger partial charge in [-0.05, 0) is 23.8 Å². The number of unbranched alkanes of at least 4 members (excludes halogenated alkanes) is 2. The van der Waals surface area contributed by atoms with E-state index in [0.717, 1.165) is 11.8 Å². The molecule has 0 saturated carbocycles. The molecule has 0 bridgehead atoms. The summed E-state index contributed by atoms with van der Waals surface area (Å²) in [6.07, 6.45) is 9.47. The van der Waals surface area contributed by atoms with Crippen molar-refractivity contribution in [1.29, 1.82) is 0 Å². The van der Waals surface area contributed by atoms with Crippen molar-refractivity contribution in [3.05, 3.63) is 35.9 Å². The Labute approximate surface area is 114 Å². The van der Waals surface area contributed by atoms with Crippen LogP contribution in [0, 0.1) is 5.92 Å². The monoisotopic (exact) mass is 246 g/mol. The lowest BCUT2D eigenvalue weighted by molar-refractivity contribution is 0.354. The molecular formula is C18H30. The molecule has 0 amide bonds. The molecule has 0 radical (unpaired) electrons. The largest absolute Gasteiger partial charge is 0.0654 e. The maximum Gasteiger partial charge on any atom is -0.0134 e. The second-order valence-electron chi connectivity index (χ2n) is 5.47. The third-order valence-corrected chi connectivity index (χ3v) is 4.10. The third kappa shape index (κ3) is 4.84. The molecule has 0 aliphatic heterocycles. The first-order valence-electron chi connectivity index (χ1n) is 7.88. The van der Waals surface area contributed by atoms with E-state index < -0.39 is 0 Å². The van der Waals surface area contributed by atoms with Crippen molar-refractivity contribution in [3.8, 4) is 0 Å². The van der Waals surface area contributed by atoms with E-state index in [-0.39, 0.29) is 0 Å². The van der Waals surface area contributed by atoms with Crippen LogP contribution in [-0.4, -0.2) is 0 Å². The number of hydrogen-bond donors (Lipinski definition) is 0. The quantitative estimate of drug-likeness (QED) is 0.457. The summed E-state index contributed by atoms with van der Waals surface area (Å²) in [7, 11) is 0. The fraction of sp³-hybridized carbons (Fsp3) is 0.667. The van der Waals surface area contributed by atoms with Crippen LogP contribution >= 0.6 is 0 Å². The first kappa shape index (κ1) is 15.3. The third-order valence-electron chi connectivity index (χ3n) is 4.10. The van der Waals surface area contributed by atoms with Gasteiger partial charge in [-0.3, -0.25) is 0 Å². The van der Waals surface area contributed by atoms with Gasteiger partial charge in [0.2, 0.25) is 0 Å². The van der Waals surface area contributed by atoms with Crippen LogP contribution in [0.25, 0.3) is 0 Å². The first-order valence-corrected chi connectivity index (χ1v) is 7.88. The van der Waals surface area contributed by atoms with Crippen molar-refractivity contribution in [3.63, 3.8) is 0 Å². The second kappa shape index (κ2) is 9.19. The van der Waals surface area contributed by atoms with Gasteiger partial charge >= 0.3 is 0 Å². The summed E-state index contributed by atoms with van der Waals surface area (Å²) in [5.74, 6) is 1.65. The summed E-state index contributed by atoms with van der Waals surface area (Å²) in [4.78, 5) is 0. The highest BCUT2D eigenvalue weighted by Gasteiger charge is 2.20. The summed E-state index contributed by atoms with van der Waals surface area (Å²) in [5, 5.41) is 0. The van der Waals surface area contributed by atoms with E-state index in [0.29, 0.717) is 0 Å². The molecule has 0 fully saturated rings. The number of hydrogen-bond acceptors (Lipinski definition) is 0. The van der Waals surface area contributed by atoms with E-state index >= 15 is 0 Å². The van der Waals surface area contributed by atoms with Gasteiger partial charge in [-0.2, -0.15) is 0 Å². The molecule has 0 N–H and O–H groups in total. The number of rotatable bonds is 9. The van der Waals surface area contributed by atoms with Crippen LogP contribution in [0.3, 0.4) is 0 Å².